The second-order valence-electron chi connectivity index (χ2n) is 5.64. The third-order valence-corrected chi connectivity index (χ3v) is 3.98. The van der Waals surface area contributed by atoms with E-state index in [-0.39, 0.29) is 0 Å². The van der Waals surface area contributed by atoms with Crippen LogP contribution in [0.1, 0.15) is 0 Å². The zero-order valence-corrected chi connectivity index (χ0v) is 14.3. The summed E-state index contributed by atoms with van der Waals surface area (Å²) in [6.07, 6.45) is 1.47. The minimum Gasteiger partial charge on any atom is -0.497 e. The van der Waals surface area contributed by atoms with Crippen molar-refractivity contribution >= 4 is 17.8 Å². The fraction of sp³-hybridized carbons (Fsp3) is 0.294. The minimum atomic E-state index is 0.402. The van der Waals surface area contributed by atoms with E-state index in [9.17, 15) is 0 Å². The number of benzene rings is 1. The van der Waals surface area contributed by atoms with Crippen LogP contribution in [0, 0.1) is 0 Å². The molecule has 3 aromatic rings. The van der Waals surface area contributed by atoms with Gasteiger partial charge in [-0.05, 0) is 24.3 Å². The lowest BCUT2D eigenvalue weighted by atomic mass is 10.1. The van der Waals surface area contributed by atoms with Gasteiger partial charge in [0, 0.05) is 24.7 Å². The van der Waals surface area contributed by atoms with Crippen molar-refractivity contribution in [3.8, 4) is 17.0 Å². The van der Waals surface area contributed by atoms with Gasteiger partial charge in [0.05, 0.1) is 20.3 Å². The van der Waals surface area contributed by atoms with Gasteiger partial charge in [-0.15, -0.1) is 0 Å². The lowest BCUT2D eigenvalue weighted by molar-refractivity contribution is 0.122. The molecule has 1 aliphatic rings. The number of nitrogens with one attached hydrogen (secondary N) is 1. The topological polar surface area (TPSA) is 98.4 Å². The van der Waals surface area contributed by atoms with Gasteiger partial charge in [-0.3, -0.25) is 5.32 Å². The molecule has 0 unspecified atom stereocenters. The molecule has 9 heteroatoms. The number of anilines is 3. The molecule has 0 spiro atoms. The molecule has 26 heavy (non-hydrogen) atoms. The Kier molecular flexibility index (Phi) is 4.61. The number of rotatable bonds is 5. The minimum absolute atomic E-state index is 0.402. The molecular formula is C17H18N6O3. The number of methoxy groups -OCH3 is 1. The molecule has 2 aromatic heterocycles. The summed E-state index contributed by atoms with van der Waals surface area (Å²) >= 11 is 0. The first-order chi connectivity index (χ1) is 12.8. The lowest BCUT2D eigenvalue weighted by Crippen LogP contribution is -2.37. The number of hydrogen-bond acceptors (Lipinski definition) is 9. The smallest absolute Gasteiger partial charge is 0.234 e. The van der Waals surface area contributed by atoms with Crippen molar-refractivity contribution in [3.63, 3.8) is 0 Å². The summed E-state index contributed by atoms with van der Waals surface area (Å²) in [5.41, 5.74) is 1.63. The van der Waals surface area contributed by atoms with Crippen molar-refractivity contribution in [2.24, 2.45) is 0 Å². The SMILES string of the molecule is COc1ccc(-c2cc(Nc3ncnc(N4CCOCC4)n3)on2)cc1. The van der Waals surface area contributed by atoms with Crippen LogP contribution >= 0.6 is 0 Å². The van der Waals surface area contributed by atoms with Crippen LogP contribution in [0.3, 0.4) is 0 Å². The average Bonchev–Trinajstić information content (AvgIpc) is 3.17. The summed E-state index contributed by atoms with van der Waals surface area (Å²) in [6, 6.07) is 9.37. The van der Waals surface area contributed by atoms with Gasteiger partial charge in [0.15, 0.2) is 0 Å². The van der Waals surface area contributed by atoms with Gasteiger partial charge >= 0.3 is 0 Å². The molecule has 1 N–H and O–H groups in total. The van der Waals surface area contributed by atoms with Gasteiger partial charge in [-0.25, -0.2) is 9.97 Å². The Labute approximate surface area is 150 Å². The van der Waals surface area contributed by atoms with Crippen molar-refractivity contribution in [1.29, 1.82) is 0 Å². The van der Waals surface area contributed by atoms with Gasteiger partial charge in [0.25, 0.3) is 0 Å². The zero-order chi connectivity index (χ0) is 17.8. The average molecular weight is 354 g/mol. The van der Waals surface area contributed by atoms with E-state index >= 15 is 0 Å². The molecule has 0 bridgehead atoms. The van der Waals surface area contributed by atoms with E-state index in [0.717, 1.165) is 24.4 Å². The van der Waals surface area contributed by atoms with Crippen LogP contribution in [0.4, 0.5) is 17.8 Å². The number of ether oxygens (including phenoxy) is 2. The first-order valence-corrected chi connectivity index (χ1v) is 8.22. The quantitative estimate of drug-likeness (QED) is 0.738. The van der Waals surface area contributed by atoms with E-state index in [1.807, 2.05) is 24.3 Å². The highest BCUT2D eigenvalue weighted by molar-refractivity contribution is 5.64. The van der Waals surface area contributed by atoms with E-state index in [1.54, 1.807) is 13.2 Å². The molecule has 1 aromatic carbocycles. The molecule has 0 amide bonds. The predicted octanol–water partition coefficient (Wildman–Crippen LogP) is 2.12. The lowest BCUT2D eigenvalue weighted by Gasteiger charge is -2.26. The van der Waals surface area contributed by atoms with E-state index in [1.165, 1.54) is 6.33 Å². The first kappa shape index (κ1) is 16.3. The van der Waals surface area contributed by atoms with Crippen LogP contribution in [-0.4, -0.2) is 53.5 Å². The zero-order valence-electron chi connectivity index (χ0n) is 14.3. The molecule has 3 heterocycles. The van der Waals surface area contributed by atoms with Crippen molar-refractivity contribution in [2.75, 3.05) is 43.6 Å². The maximum atomic E-state index is 5.35. The highest BCUT2D eigenvalue weighted by Gasteiger charge is 2.15. The van der Waals surface area contributed by atoms with E-state index < -0.39 is 0 Å². The largest absolute Gasteiger partial charge is 0.497 e. The first-order valence-electron chi connectivity index (χ1n) is 8.22. The Morgan fingerprint density at radius 2 is 1.92 bits per heavy atom. The van der Waals surface area contributed by atoms with Crippen LogP contribution < -0.4 is 15.0 Å². The third kappa shape index (κ3) is 3.57. The summed E-state index contributed by atoms with van der Waals surface area (Å²) < 4.78 is 15.8. The molecule has 134 valence electrons. The van der Waals surface area contributed by atoms with Crippen LogP contribution in [0.15, 0.2) is 41.2 Å². The Bertz CT molecular complexity index is 861. The molecule has 1 aliphatic heterocycles. The number of aromatic nitrogens is 4. The van der Waals surface area contributed by atoms with Crippen molar-refractivity contribution in [3.05, 3.63) is 36.7 Å². The van der Waals surface area contributed by atoms with Gasteiger partial charge in [-0.1, -0.05) is 5.16 Å². The van der Waals surface area contributed by atoms with Crippen LogP contribution in [0.5, 0.6) is 5.75 Å². The monoisotopic (exact) mass is 354 g/mol. The van der Waals surface area contributed by atoms with Crippen LogP contribution in [0.2, 0.25) is 0 Å². The van der Waals surface area contributed by atoms with Crippen molar-refractivity contribution < 1.29 is 14.0 Å². The fourth-order valence-corrected chi connectivity index (χ4v) is 2.61. The number of morpholine rings is 1. The van der Waals surface area contributed by atoms with Crippen molar-refractivity contribution in [1.82, 2.24) is 20.1 Å². The fourth-order valence-electron chi connectivity index (χ4n) is 2.61. The Morgan fingerprint density at radius 1 is 1.12 bits per heavy atom. The van der Waals surface area contributed by atoms with Gasteiger partial charge in [-0.2, -0.15) is 4.98 Å². The van der Waals surface area contributed by atoms with Crippen LogP contribution in [0.25, 0.3) is 11.3 Å². The molecule has 9 nitrogen and oxygen atoms in total. The summed E-state index contributed by atoms with van der Waals surface area (Å²) in [6.45, 7) is 2.85. The Hall–Kier alpha value is -3.20. The molecule has 0 saturated carbocycles. The summed E-state index contributed by atoms with van der Waals surface area (Å²) in [5.74, 6) is 2.26. The molecule has 0 atom stereocenters. The maximum absolute atomic E-state index is 5.35. The summed E-state index contributed by atoms with van der Waals surface area (Å²) in [5, 5.41) is 7.10. The highest BCUT2D eigenvalue weighted by atomic mass is 16.5. The van der Waals surface area contributed by atoms with E-state index in [4.69, 9.17) is 14.0 Å². The van der Waals surface area contributed by atoms with E-state index in [0.29, 0.717) is 36.7 Å². The third-order valence-electron chi connectivity index (χ3n) is 3.98. The number of hydrogen-bond donors (Lipinski definition) is 1. The summed E-state index contributed by atoms with van der Waals surface area (Å²) in [7, 11) is 1.63. The standard InChI is InChI=1S/C17H18N6O3/c1-24-13-4-2-12(3-5-13)14-10-15(26-22-14)20-16-18-11-19-17(21-16)23-6-8-25-9-7-23/h2-5,10-11H,6-9H2,1H3,(H,18,19,20,21). The van der Waals surface area contributed by atoms with Crippen molar-refractivity contribution in [2.45, 2.75) is 0 Å². The maximum Gasteiger partial charge on any atom is 0.234 e. The molecule has 0 radical (unpaired) electrons. The molecular weight excluding hydrogens is 336 g/mol. The molecule has 4 rings (SSSR count). The normalized spacial score (nSPS) is 14.3. The molecule has 0 aliphatic carbocycles. The van der Waals surface area contributed by atoms with Gasteiger partial charge in [0.1, 0.15) is 17.8 Å². The second-order valence-corrected chi connectivity index (χ2v) is 5.64. The second kappa shape index (κ2) is 7.36. The van der Waals surface area contributed by atoms with Gasteiger partial charge < -0.3 is 18.9 Å². The van der Waals surface area contributed by atoms with Crippen LogP contribution in [-0.2, 0) is 4.74 Å². The highest BCUT2D eigenvalue weighted by Crippen LogP contribution is 2.25. The Balaban J connectivity index is 1.48. The van der Waals surface area contributed by atoms with E-state index in [2.05, 4.69) is 30.3 Å². The predicted molar refractivity (Wildman–Crippen MR) is 94.6 cm³/mol. The van der Waals surface area contributed by atoms with Gasteiger partial charge in [0.2, 0.25) is 17.8 Å². The molecule has 1 fully saturated rings. The number of nitrogens with zero attached hydrogens (tertiary/aromatic N) is 5. The Morgan fingerprint density at radius 3 is 2.69 bits per heavy atom. The summed E-state index contributed by atoms with van der Waals surface area (Å²) in [4.78, 5) is 14.8. The molecule has 1 saturated heterocycles.